The number of rotatable bonds is 7. The van der Waals surface area contributed by atoms with E-state index in [1.54, 1.807) is 23.8 Å². The van der Waals surface area contributed by atoms with Crippen LogP contribution in [0.2, 0.25) is 0 Å². The van der Waals surface area contributed by atoms with Gasteiger partial charge in [0.15, 0.2) is 0 Å². The van der Waals surface area contributed by atoms with Crippen LogP contribution in [0, 0.1) is 0 Å². The number of fused-ring (bicyclic) bond motifs is 1. The Morgan fingerprint density at radius 2 is 1.86 bits per heavy atom. The Morgan fingerprint density at radius 1 is 1.19 bits per heavy atom. The lowest BCUT2D eigenvalue weighted by Gasteiger charge is -2.29. The van der Waals surface area contributed by atoms with E-state index in [0.29, 0.717) is 12.4 Å². The van der Waals surface area contributed by atoms with Crippen molar-refractivity contribution in [3.63, 3.8) is 0 Å². The fourth-order valence-corrected chi connectivity index (χ4v) is 5.51. The van der Waals surface area contributed by atoms with Crippen LogP contribution in [0.1, 0.15) is 63.6 Å². The third kappa shape index (κ3) is 6.06. The molecule has 0 saturated heterocycles. The predicted molar refractivity (Wildman–Crippen MR) is 147 cm³/mol. The highest BCUT2D eigenvalue weighted by Crippen LogP contribution is 2.50. The molecule has 1 N–H and O–H groups in total. The average molecular weight is 516 g/mol. The lowest BCUT2D eigenvalue weighted by molar-refractivity contribution is -0.123. The van der Waals surface area contributed by atoms with E-state index < -0.39 is 5.54 Å². The first-order valence-corrected chi connectivity index (χ1v) is 13.4. The Morgan fingerprint density at radius 3 is 2.44 bits per heavy atom. The van der Waals surface area contributed by atoms with Gasteiger partial charge in [-0.1, -0.05) is 39.0 Å². The van der Waals surface area contributed by atoms with Crippen molar-refractivity contribution in [1.29, 1.82) is 0 Å². The largest absolute Gasteiger partial charge is 0.496 e. The number of thioether (sulfide) groups is 1. The number of likely N-dealkylation sites (N-methyl/N-ethyl adjacent to an activating group) is 1. The molecule has 0 fully saturated rings. The second-order valence-electron chi connectivity index (χ2n) is 11.5. The molecule has 1 aliphatic heterocycles. The summed E-state index contributed by atoms with van der Waals surface area (Å²) in [6.07, 6.45) is 0. The zero-order valence-electron chi connectivity index (χ0n) is 23.1. The van der Waals surface area contributed by atoms with E-state index in [0.717, 1.165) is 29.1 Å². The van der Waals surface area contributed by atoms with E-state index in [4.69, 9.17) is 9.84 Å². The third-order valence-corrected chi connectivity index (χ3v) is 7.28. The van der Waals surface area contributed by atoms with Gasteiger partial charge in [-0.2, -0.15) is 5.10 Å². The van der Waals surface area contributed by atoms with Crippen LogP contribution in [0.5, 0.6) is 5.75 Å². The number of nitrogens with one attached hydrogen (secondary N) is 1. The van der Waals surface area contributed by atoms with Crippen molar-refractivity contribution in [3.8, 4) is 5.75 Å². The van der Waals surface area contributed by atoms with Crippen molar-refractivity contribution in [2.24, 2.45) is 0 Å². The van der Waals surface area contributed by atoms with Crippen molar-refractivity contribution in [3.05, 3.63) is 41.1 Å². The average Bonchev–Trinajstić information content (AvgIpc) is 3.13. The van der Waals surface area contributed by atoms with Crippen LogP contribution < -0.4 is 15.0 Å². The van der Waals surface area contributed by atoms with Crippen LogP contribution >= 0.6 is 11.8 Å². The van der Waals surface area contributed by atoms with Crippen LogP contribution in [0.4, 0.5) is 5.82 Å². The number of para-hydroxylation sites is 1. The molecular formula is C27H41N5O3S. The van der Waals surface area contributed by atoms with Crippen molar-refractivity contribution in [1.82, 2.24) is 20.0 Å². The van der Waals surface area contributed by atoms with Crippen molar-refractivity contribution < 1.29 is 14.3 Å². The quantitative estimate of drug-likeness (QED) is 0.604. The first-order valence-electron chi connectivity index (χ1n) is 12.4. The minimum Gasteiger partial charge on any atom is -0.496 e. The summed E-state index contributed by atoms with van der Waals surface area (Å²) in [4.78, 5) is 30.2. The third-order valence-electron chi connectivity index (χ3n) is 6.04. The van der Waals surface area contributed by atoms with Gasteiger partial charge in [-0.15, -0.1) is 11.8 Å². The minimum atomic E-state index is -0.409. The van der Waals surface area contributed by atoms with E-state index in [9.17, 15) is 9.59 Å². The summed E-state index contributed by atoms with van der Waals surface area (Å²) < 4.78 is 7.66. The minimum absolute atomic E-state index is 0.0518. The molecule has 0 aliphatic carbocycles. The first kappa shape index (κ1) is 28.1. The van der Waals surface area contributed by atoms with E-state index in [1.807, 2.05) is 41.9 Å². The first-order chi connectivity index (χ1) is 16.8. The Balaban J connectivity index is 2.23. The maximum absolute atomic E-state index is 13.6. The number of hydrogen-bond donors (Lipinski definition) is 1. The van der Waals surface area contributed by atoms with Crippen molar-refractivity contribution in [2.45, 2.75) is 57.7 Å². The molecule has 1 aliphatic rings. The normalized spacial score (nSPS) is 16.7. The number of anilines is 1. The van der Waals surface area contributed by atoms with Gasteiger partial charge >= 0.3 is 0 Å². The maximum atomic E-state index is 13.6. The van der Waals surface area contributed by atoms with Crippen LogP contribution in [0.3, 0.4) is 0 Å². The number of carbonyl (C=O) groups excluding carboxylic acids is 2. The number of aromatic nitrogens is 2. The summed E-state index contributed by atoms with van der Waals surface area (Å²) in [5.74, 6) is 1.42. The molecule has 0 unspecified atom stereocenters. The summed E-state index contributed by atoms with van der Waals surface area (Å²) in [5, 5.41) is 7.90. The summed E-state index contributed by atoms with van der Waals surface area (Å²) in [6, 6.07) is 7.94. The van der Waals surface area contributed by atoms with Gasteiger partial charge in [0, 0.05) is 29.6 Å². The molecule has 8 nitrogen and oxygen atoms in total. The molecule has 1 aromatic carbocycles. The van der Waals surface area contributed by atoms with E-state index in [2.05, 4.69) is 52.9 Å². The molecule has 0 bridgehead atoms. The van der Waals surface area contributed by atoms with Crippen molar-refractivity contribution in [2.75, 3.05) is 51.5 Å². The smallest absolute Gasteiger partial charge is 0.240 e. The molecule has 3 rings (SSSR count). The Bertz CT molecular complexity index is 1100. The van der Waals surface area contributed by atoms with Crippen LogP contribution in [0.15, 0.2) is 24.3 Å². The summed E-state index contributed by atoms with van der Waals surface area (Å²) >= 11 is 1.56. The molecule has 2 amide bonds. The highest BCUT2D eigenvalue weighted by molar-refractivity contribution is 8.00. The zero-order valence-corrected chi connectivity index (χ0v) is 24.0. The highest BCUT2D eigenvalue weighted by Gasteiger charge is 2.42. The molecule has 9 heteroatoms. The van der Waals surface area contributed by atoms with E-state index in [-0.39, 0.29) is 34.8 Å². The van der Waals surface area contributed by atoms with Gasteiger partial charge in [0.05, 0.1) is 29.3 Å². The molecule has 36 heavy (non-hydrogen) atoms. The highest BCUT2D eigenvalue weighted by atomic mass is 32.2. The van der Waals surface area contributed by atoms with Gasteiger partial charge in [0.1, 0.15) is 18.1 Å². The zero-order chi connectivity index (χ0) is 26.8. The second-order valence-corrected chi connectivity index (χ2v) is 12.6. The SMILES string of the molecule is COc1ccccc1[C@H]1SCC(=O)N(CC(=O)NCCN(C)C)c2c1c(C(C)(C)C)nn2C(C)(C)C. The number of methoxy groups -OCH3 is 1. The van der Waals surface area contributed by atoms with Crippen LogP contribution in [-0.4, -0.2) is 73.1 Å². The Kier molecular flexibility index (Phi) is 8.45. The van der Waals surface area contributed by atoms with Gasteiger partial charge in [-0.3, -0.25) is 14.5 Å². The molecular weight excluding hydrogens is 474 g/mol. The van der Waals surface area contributed by atoms with Gasteiger partial charge in [-0.25, -0.2) is 4.68 Å². The number of nitrogens with zero attached hydrogens (tertiary/aromatic N) is 4. The molecule has 1 aromatic heterocycles. The summed E-state index contributed by atoms with van der Waals surface area (Å²) in [6.45, 7) is 13.8. The van der Waals surface area contributed by atoms with E-state index >= 15 is 0 Å². The number of carbonyl (C=O) groups is 2. The van der Waals surface area contributed by atoms with Crippen molar-refractivity contribution >= 4 is 29.4 Å². The number of hydrogen-bond acceptors (Lipinski definition) is 6. The topological polar surface area (TPSA) is 79.7 Å². The monoisotopic (exact) mass is 515 g/mol. The van der Waals surface area contributed by atoms with Crippen LogP contribution in [0.25, 0.3) is 0 Å². The molecule has 2 heterocycles. The molecule has 0 saturated carbocycles. The van der Waals surface area contributed by atoms with Gasteiger partial charge < -0.3 is 15.0 Å². The summed E-state index contributed by atoms with van der Waals surface area (Å²) in [7, 11) is 5.59. The fourth-order valence-electron chi connectivity index (χ4n) is 4.29. The lowest BCUT2D eigenvalue weighted by Crippen LogP contribution is -2.44. The maximum Gasteiger partial charge on any atom is 0.240 e. The summed E-state index contributed by atoms with van der Waals surface area (Å²) in [5.41, 5.74) is 2.19. The Hall–Kier alpha value is -2.52. The second kappa shape index (κ2) is 10.8. The number of amides is 2. The fraction of sp³-hybridized carbons (Fsp3) is 0.593. The molecule has 198 valence electrons. The number of benzene rings is 1. The lowest BCUT2D eigenvalue weighted by atomic mass is 9.87. The van der Waals surface area contributed by atoms with Gasteiger partial charge in [-0.05, 0) is 40.9 Å². The van der Waals surface area contributed by atoms with E-state index in [1.165, 1.54) is 0 Å². The predicted octanol–water partition coefficient (Wildman–Crippen LogP) is 3.79. The van der Waals surface area contributed by atoms with Gasteiger partial charge in [0.25, 0.3) is 0 Å². The molecule has 1 atom stereocenters. The molecule has 0 spiro atoms. The van der Waals surface area contributed by atoms with Crippen LogP contribution in [-0.2, 0) is 20.5 Å². The standard InChI is InChI=1S/C27H41N5O3S/c1-26(2,3)24-22-23(18-12-10-11-13-19(18)35-9)36-17-21(34)31(16-20(33)28-14-15-30(7)8)25(22)32(29-24)27(4,5)6/h10-13,23H,14-17H2,1-9H3,(H,28,33)/t23-/m1/s1. The number of ether oxygens (including phenoxy) is 1. The Labute approximate surface area is 219 Å². The van der Waals surface area contributed by atoms with Gasteiger partial charge in [0.2, 0.25) is 11.8 Å². The molecule has 0 radical (unpaired) electrons. The molecule has 2 aromatic rings.